The first-order chi connectivity index (χ1) is 12.1. The van der Waals surface area contributed by atoms with Crippen LogP contribution in [0.4, 0.5) is 5.82 Å². The Morgan fingerprint density at radius 3 is 3.08 bits per heavy atom. The Balaban J connectivity index is 1.38. The summed E-state index contributed by atoms with van der Waals surface area (Å²) in [6.07, 6.45) is 9.26. The fourth-order valence-corrected chi connectivity index (χ4v) is 3.54. The molecule has 1 unspecified atom stereocenters. The van der Waals surface area contributed by atoms with Crippen molar-refractivity contribution in [2.75, 3.05) is 24.5 Å². The van der Waals surface area contributed by atoms with E-state index in [1.165, 1.54) is 0 Å². The van der Waals surface area contributed by atoms with E-state index < -0.39 is 5.60 Å². The highest BCUT2D eigenvalue weighted by Gasteiger charge is 2.37. The Labute approximate surface area is 145 Å². The Bertz CT molecular complexity index is 763. The molecule has 0 spiro atoms. The first-order valence-electron chi connectivity index (χ1n) is 8.64. The molecule has 8 heteroatoms. The molecule has 4 rings (SSSR count). The van der Waals surface area contributed by atoms with Crippen LogP contribution in [0.2, 0.25) is 0 Å². The highest BCUT2D eigenvalue weighted by atomic mass is 16.5. The molecule has 3 heterocycles. The summed E-state index contributed by atoms with van der Waals surface area (Å²) in [5.74, 6) is 1.28. The van der Waals surface area contributed by atoms with Crippen LogP contribution in [0.1, 0.15) is 41.1 Å². The van der Waals surface area contributed by atoms with E-state index in [-0.39, 0.29) is 12.5 Å². The van der Waals surface area contributed by atoms with Crippen molar-refractivity contribution in [2.24, 2.45) is 0 Å². The van der Waals surface area contributed by atoms with Crippen LogP contribution in [0, 0.1) is 0 Å². The van der Waals surface area contributed by atoms with Gasteiger partial charge in [-0.1, -0.05) is 5.16 Å². The van der Waals surface area contributed by atoms with Crippen molar-refractivity contribution in [3.63, 3.8) is 0 Å². The lowest BCUT2D eigenvalue weighted by atomic mass is 9.96. The number of anilines is 1. The molecule has 132 valence electrons. The minimum absolute atomic E-state index is 0.171. The van der Waals surface area contributed by atoms with Crippen molar-refractivity contribution in [1.29, 1.82) is 0 Å². The molecule has 25 heavy (non-hydrogen) atoms. The molecule has 2 aromatic rings. The van der Waals surface area contributed by atoms with Crippen molar-refractivity contribution in [1.82, 2.24) is 20.4 Å². The van der Waals surface area contributed by atoms with Crippen LogP contribution < -0.4 is 10.2 Å². The van der Waals surface area contributed by atoms with Crippen LogP contribution in [0.3, 0.4) is 0 Å². The molecule has 2 N–H and O–H groups in total. The number of carbonyl (C=O) groups is 1. The zero-order valence-corrected chi connectivity index (χ0v) is 13.9. The molecule has 1 aliphatic heterocycles. The summed E-state index contributed by atoms with van der Waals surface area (Å²) < 4.78 is 5.28. The van der Waals surface area contributed by atoms with E-state index in [9.17, 15) is 9.90 Å². The fraction of sp³-hybridized carbons (Fsp3) is 0.529. The van der Waals surface area contributed by atoms with E-state index in [1.54, 1.807) is 18.6 Å². The van der Waals surface area contributed by atoms with Gasteiger partial charge in [-0.15, -0.1) is 0 Å². The van der Waals surface area contributed by atoms with Crippen LogP contribution in [0.25, 0.3) is 0 Å². The molecule has 1 amide bonds. The number of β-amino-alcohol motifs (C(OH)–C–C–N with tert-alkyl or cyclic N) is 1. The molecular formula is C17H21N5O3. The third kappa shape index (κ3) is 3.21. The van der Waals surface area contributed by atoms with Gasteiger partial charge in [0.1, 0.15) is 17.2 Å². The maximum absolute atomic E-state index is 12.4. The van der Waals surface area contributed by atoms with E-state index in [1.807, 2.05) is 4.90 Å². The van der Waals surface area contributed by atoms with Crippen molar-refractivity contribution >= 4 is 11.7 Å². The van der Waals surface area contributed by atoms with Crippen LogP contribution in [0.15, 0.2) is 23.1 Å². The molecule has 1 aliphatic carbocycles. The highest BCUT2D eigenvalue weighted by Crippen LogP contribution is 2.26. The molecule has 1 saturated heterocycles. The number of aryl methyl sites for hydroxylation is 1. The molecule has 2 aromatic heterocycles. The maximum atomic E-state index is 12.4. The SMILES string of the molecule is O=C(NCC1(O)CCN(c2cnccn2)C1)c1noc2c1CCCC2. The monoisotopic (exact) mass is 343 g/mol. The van der Waals surface area contributed by atoms with Gasteiger partial charge in [0, 0.05) is 44.0 Å². The highest BCUT2D eigenvalue weighted by molar-refractivity contribution is 5.93. The zero-order valence-electron chi connectivity index (χ0n) is 13.9. The van der Waals surface area contributed by atoms with Crippen molar-refractivity contribution < 1.29 is 14.4 Å². The van der Waals surface area contributed by atoms with Gasteiger partial charge in [-0.3, -0.25) is 9.78 Å². The molecule has 0 bridgehead atoms. The summed E-state index contributed by atoms with van der Waals surface area (Å²) >= 11 is 0. The zero-order chi connectivity index (χ0) is 17.3. The third-order valence-corrected chi connectivity index (χ3v) is 4.95. The van der Waals surface area contributed by atoms with E-state index in [4.69, 9.17) is 4.52 Å². The second kappa shape index (κ2) is 6.44. The van der Waals surface area contributed by atoms with E-state index in [0.717, 1.165) is 42.8 Å². The molecule has 0 radical (unpaired) electrons. The number of hydrogen-bond donors (Lipinski definition) is 2. The van der Waals surface area contributed by atoms with E-state index in [2.05, 4.69) is 20.4 Å². The first kappa shape index (κ1) is 16.0. The maximum Gasteiger partial charge on any atom is 0.273 e. The first-order valence-corrected chi connectivity index (χ1v) is 8.64. The minimum atomic E-state index is -0.989. The number of rotatable bonds is 4. The quantitative estimate of drug-likeness (QED) is 0.842. The Morgan fingerprint density at radius 2 is 2.24 bits per heavy atom. The summed E-state index contributed by atoms with van der Waals surface area (Å²) in [5.41, 5.74) is 0.294. The van der Waals surface area contributed by atoms with Crippen LogP contribution in [-0.4, -0.2) is 51.4 Å². The second-order valence-electron chi connectivity index (χ2n) is 6.78. The molecule has 8 nitrogen and oxygen atoms in total. The largest absolute Gasteiger partial charge is 0.386 e. The summed E-state index contributed by atoms with van der Waals surface area (Å²) in [4.78, 5) is 22.7. The minimum Gasteiger partial charge on any atom is -0.386 e. The summed E-state index contributed by atoms with van der Waals surface area (Å²) in [6.45, 7) is 1.25. The van der Waals surface area contributed by atoms with Gasteiger partial charge >= 0.3 is 0 Å². The molecule has 2 aliphatic rings. The third-order valence-electron chi connectivity index (χ3n) is 4.95. The average Bonchev–Trinajstić information content (AvgIpc) is 3.25. The Morgan fingerprint density at radius 1 is 1.36 bits per heavy atom. The van der Waals surface area contributed by atoms with Crippen LogP contribution >= 0.6 is 0 Å². The summed E-state index contributed by atoms with van der Waals surface area (Å²) in [6, 6.07) is 0. The van der Waals surface area contributed by atoms with Crippen molar-refractivity contribution in [2.45, 2.75) is 37.7 Å². The van der Waals surface area contributed by atoms with Gasteiger partial charge in [0.05, 0.1) is 6.20 Å². The van der Waals surface area contributed by atoms with E-state index in [0.29, 0.717) is 25.2 Å². The standard InChI is InChI=1S/C17H21N5O3/c23-16(15-12-3-1-2-4-13(12)25-21-15)20-10-17(24)5-8-22(11-17)14-9-18-6-7-19-14/h6-7,9,24H,1-5,8,10-11H2,(H,20,23). The second-order valence-corrected chi connectivity index (χ2v) is 6.78. The molecular weight excluding hydrogens is 322 g/mol. The van der Waals surface area contributed by atoms with Crippen molar-refractivity contribution in [3.05, 3.63) is 35.6 Å². The summed E-state index contributed by atoms with van der Waals surface area (Å²) in [5, 5.41) is 17.5. The Kier molecular flexibility index (Phi) is 4.12. The summed E-state index contributed by atoms with van der Waals surface area (Å²) in [7, 11) is 0. The number of fused-ring (bicyclic) bond motifs is 1. The Hall–Kier alpha value is -2.48. The van der Waals surface area contributed by atoms with Gasteiger partial charge in [-0.05, 0) is 25.7 Å². The number of aliphatic hydroxyl groups is 1. The topological polar surface area (TPSA) is 104 Å². The lowest BCUT2D eigenvalue weighted by Gasteiger charge is -2.24. The van der Waals surface area contributed by atoms with Crippen LogP contribution in [0.5, 0.6) is 0 Å². The van der Waals surface area contributed by atoms with Gasteiger partial charge in [0.2, 0.25) is 0 Å². The lowest BCUT2D eigenvalue weighted by molar-refractivity contribution is 0.0572. The predicted octanol–water partition coefficient (Wildman–Crippen LogP) is 0.715. The molecule has 0 aromatic carbocycles. The van der Waals surface area contributed by atoms with E-state index >= 15 is 0 Å². The number of nitrogens with zero attached hydrogens (tertiary/aromatic N) is 4. The van der Waals surface area contributed by atoms with Gasteiger partial charge < -0.3 is 19.8 Å². The number of hydrogen-bond acceptors (Lipinski definition) is 7. The average molecular weight is 343 g/mol. The molecule has 1 atom stereocenters. The fourth-order valence-electron chi connectivity index (χ4n) is 3.54. The van der Waals surface area contributed by atoms with Crippen LogP contribution in [-0.2, 0) is 12.8 Å². The smallest absolute Gasteiger partial charge is 0.273 e. The number of amides is 1. The molecule has 0 saturated carbocycles. The lowest BCUT2D eigenvalue weighted by Crippen LogP contribution is -2.45. The van der Waals surface area contributed by atoms with Gasteiger partial charge in [0.25, 0.3) is 5.91 Å². The predicted molar refractivity (Wildman–Crippen MR) is 89.3 cm³/mol. The molecule has 1 fully saturated rings. The number of nitrogens with one attached hydrogen (secondary N) is 1. The number of carbonyl (C=O) groups excluding carboxylic acids is 1. The van der Waals surface area contributed by atoms with Gasteiger partial charge in [0.15, 0.2) is 5.69 Å². The van der Waals surface area contributed by atoms with Gasteiger partial charge in [-0.25, -0.2) is 4.98 Å². The van der Waals surface area contributed by atoms with Crippen molar-refractivity contribution in [3.8, 4) is 0 Å². The van der Waals surface area contributed by atoms with Gasteiger partial charge in [-0.2, -0.15) is 0 Å². The normalized spacial score (nSPS) is 22.7. The number of aromatic nitrogens is 3.